The number of benzene rings is 16. The fourth-order valence-corrected chi connectivity index (χ4v) is 14.7. The van der Waals surface area contributed by atoms with Gasteiger partial charge in [-0.3, -0.25) is 0 Å². The van der Waals surface area contributed by atoms with E-state index in [-0.39, 0.29) is 21.7 Å². The van der Waals surface area contributed by atoms with Crippen LogP contribution in [0.1, 0.15) is 105 Å². The summed E-state index contributed by atoms with van der Waals surface area (Å²) in [4.78, 5) is 0. The van der Waals surface area contributed by atoms with E-state index < -0.39 is 0 Å². The van der Waals surface area contributed by atoms with E-state index in [0.717, 1.165) is 0 Å². The molecule has 0 atom stereocenters. The lowest BCUT2D eigenvalue weighted by Crippen LogP contribution is -2.10. The van der Waals surface area contributed by atoms with E-state index >= 15 is 0 Å². The minimum absolute atomic E-state index is 0.0401. The molecule has 0 spiro atoms. The zero-order valence-electron chi connectivity index (χ0n) is 54.1. The highest BCUT2D eigenvalue weighted by atomic mass is 14.3. The highest BCUT2D eigenvalue weighted by Crippen LogP contribution is 2.47. The second-order valence-electron chi connectivity index (χ2n) is 30.2. The summed E-state index contributed by atoms with van der Waals surface area (Å²) in [5.41, 5.74) is 15.3. The molecule has 0 aliphatic heterocycles. The van der Waals surface area contributed by atoms with Gasteiger partial charge in [-0.2, -0.15) is 0 Å². The zero-order chi connectivity index (χ0) is 61.9. The van der Waals surface area contributed by atoms with E-state index in [2.05, 4.69) is 326 Å². The Morgan fingerprint density at radius 3 is 0.633 bits per heavy atom. The Kier molecular flexibility index (Phi) is 12.3. The van der Waals surface area contributed by atoms with Crippen molar-refractivity contribution in [2.75, 3.05) is 0 Å². The van der Waals surface area contributed by atoms with Crippen molar-refractivity contribution >= 4 is 118 Å². The molecule has 0 bridgehead atoms. The smallest absolute Gasteiger partial charge is 0.00921 e. The topological polar surface area (TPSA) is 0 Å². The van der Waals surface area contributed by atoms with Crippen LogP contribution in [0.3, 0.4) is 0 Å². The van der Waals surface area contributed by atoms with Crippen LogP contribution in [0.4, 0.5) is 0 Å². The maximum Gasteiger partial charge on any atom is -0.00921 e. The minimum Gasteiger partial charge on any atom is -0.0579 e. The molecule has 16 aromatic carbocycles. The third kappa shape index (κ3) is 9.32. The summed E-state index contributed by atoms with van der Waals surface area (Å²) in [6.45, 7) is 27.7. The average molecular weight is 1160 g/mol. The predicted octanol–water partition coefficient (Wildman–Crippen LogP) is 26.2. The molecule has 0 saturated heterocycles. The quantitative estimate of drug-likeness (QED) is 0.154. The van der Waals surface area contributed by atoms with Crippen molar-refractivity contribution in [3.63, 3.8) is 0 Å². The molecule has 0 nitrogen and oxygen atoms in total. The van der Waals surface area contributed by atoms with Crippen LogP contribution in [-0.4, -0.2) is 0 Å². The summed E-state index contributed by atoms with van der Waals surface area (Å²) in [7, 11) is 0. The molecule has 0 radical (unpaired) electrons. The Bertz CT molecular complexity index is 5380. The van der Waals surface area contributed by atoms with Crippen LogP contribution in [0.2, 0.25) is 0 Å². The SMILES string of the molecule is CC(C)(C)c1ccc2ccc3cc(-c4ccc5c(-c6ccc7c(ccc8ccc(C(C)(C)C)cc87)c6)cc6c7cc(-c8ccc9c(ccc%10ccc(C(C)(C)C)cc%109)c8)ccc7c(-c7ccc8c(ccc9ccc(C(C)(C)C)cc98)c7)cc6c5c4)ccc3c2c1. The molecule has 0 N–H and O–H groups in total. The molecule has 90 heavy (non-hydrogen) atoms. The molecule has 0 aliphatic rings. The summed E-state index contributed by atoms with van der Waals surface area (Å²) < 4.78 is 0. The van der Waals surface area contributed by atoms with Gasteiger partial charge in [-0.25, -0.2) is 0 Å². The summed E-state index contributed by atoms with van der Waals surface area (Å²) in [5.74, 6) is 0. The number of hydrogen-bond acceptors (Lipinski definition) is 0. The predicted molar refractivity (Wildman–Crippen MR) is 396 cm³/mol. The third-order valence-corrected chi connectivity index (χ3v) is 20.2. The monoisotopic (exact) mass is 1160 g/mol. The molecule has 0 heterocycles. The number of rotatable bonds is 4. The molecule has 16 rings (SSSR count). The Hall–Kier alpha value is -9.62. The van der Waals surface area contributed by atoms with Crippen LogP contribution in [0.5, 0.6) is 0 Å². The molecular weight excluding hydrogens is 1080 g/mol. The van der Waals surface area contributed by atoms with Gasteiger partial charge in [-0.15, -0.1) is 0 Å². The lowest BCUT2D eigenvalue weighted by Gasteiger charge is -2.20. The highest BCUT2D eigenvalue weighted by molar-refractivity contribution is 6.26. The van der Waals surface area contributed by atoms with Crippen molar-refractivity contribution in [3.8, 4) is 44.5 Å². The van der Waals surface area contributed by atoms with Gasteiger partial charge in [-0.1, -0.05) is 277 Å². The van der Waals surface area contributed by atoms with E-state index in [4.69, 9.17) is 0 Å². The molecule has 0 heteroatoms. The van der Waals surface area contributed by atoms with Crippen LogP contribution in [0.25, 0.3) is 163 Å². The molecule has 0 amide bonds. The third-order valence-electron chi connectivity index (χ3n) is 20.2. The fraction of sp³-hybridized carbons (Fsp3) is 0.178. The molecule has 16 aromatic rings. The van der Waals surface area contributed by atoms with Gasteiger partial charge in [0.1, 0.15) is 0 Å². The first-order valence-electron chi connectivity index (χ1n) is 32.4. The van der Waals surface area contributed by atoms with E-state index in [1.165, 1.54) is 185 Å². The Morgan fingerprint density at radius 2 is 0.356 bits per heavy atom. The summed E-state index contributed by atoms with van der Waals surface area (Å²) in [5, 5.41) is 27.9. The molecule has 0 aromatic heterocycles. The van der Waals surface area contributed by atoms with Crippen molar-refractivity contribution < 1.29 is 0 Å². The summed E-state index contributed by atoms with van der Waals surface area (Å²) >= 11 is 0. The van der Waals surface area contributed by atoms with Crippen molar-refractivity contribution in [3.05, 3.63) is 265 Å². The van der Waals surface area contributed by atoms with Crippen LogP contribution < -0.4 is 0 Å². The van der Waals surface area contributed by atoms with Gasteiger partial charge in [0, 0.05) is 0 Å². The molecule has 436 valence electrons. The van der Waals surface area contributed by atoms with Crippen molar-refractivity contribution in [1.82, 2.24) is 0 Å². The van der Waals surface area contributed by atoms with E-state index in [1.807, 2.05) is 0 Å². The lowest BCUT2D eigenvalue weighted by molar-refractivity contribution is 0.591. The van der Waals surface area contributed by atoms with Crippen LogP contribution in [-0.2, 0) is 21.7 Å². The normalized spacial score (nSPS) is 12.9. The first-order valence-corrected chi connectivity index (χ1v) is 32.4. The first kappa shape index (κ1) is 55.7. The minimum atomic E-state index is 0.0401. The Balaban J connectivity index is 0.962. The molecular formula is C90H76. The summed E-state index contributed by atoms with van der Waals surface area (Å²) in [6.07, 6.45) is 0. The molecule has 0 aliphatic carbocycles. The maximum absolute atomic E-state index is 2.53. The molecule has 0 unspecified atom stereocenters. The zero-order valence-corrected chi connectivity index (χ0v) is 54.1. The number of hydrogen-bond donors (Lipinski definition) is 0. The van der Waals surface area contributed by atoms with Gasteiger partial charge in [-0.05, 0) is 255 Å². The van der Waals surface area contributed by atoms with Crippen molar-refractivity contribution in [2.45, 2.75) is 105 Å². The second-order valence-corrected chi connectivity index (χ2v) is 30.2. The largest absolute Gasteiger partial charge is 0.0579 e. The summed E-state index contributed by atoms with van der Waals surface area (Å²) in [6, 6.07) is 94.8. The molecule has 0 fully saturated rings. The second kappa shape index (κ2) is 19.9. The average Bonchev–Trinajstić information content (AvgIpc) is 0.747. The van der Waals surface area contributed by atoms with Crippen LogP contribution in [0.15, 0.2) is 243 Å². The van der Waals surface area contributed by atoms with Gasteiger partial charge < -0.3 is 0 Å². The Labute approximate surface area is 529 Å². The van der Waals surface area contributed by atoms with Crippen LogP contribution in [0, 0.1) is 0 Å². The number of fused-ring (bicyclic) bond motifs is 17. The maximum atomic E-state index is 2.53. The van der Waals surface area contributed by atoms with Gasteiger partial charge in [0.25, 0.3) is 0 Å². The highest BCUT2D eigenvalue weighted by Gasteiger charge is 2.22. The van der Waals surface area contributed by atoms with Crippen molar-refractivity contribution in [1.29, 1.82) is 0 Å². The first-order chi connectivity index (χ1) is 43.1. The Morgan fingerprint density at radius 1 is 0.144 bits per heavy atom. The van der Waals surface area contributed by atoms with Crippen molar-refractivity contribution in [2.24, 2.45) is 0 Å². The van der Waals surface area contributed by atoms with Crippen LogP contribution >= 0.6 is 0 Å². The standard InChI is InChI=1S/C90H76/c1-87(2,3)67-31-21-53-13-17-61-41-57(25-35-71(61)77(53)47-67)59-27-39-75-81(65-29-37-73-63(43-65)19-15-55-23-33-69(49-79(55)73)89(7,8)9)52-86-84-46-60(58-26-36-72-62(42-58)18-14-54-22-32-68(48-78(54)72)88(4,5)6)28-40-76(84)82(51-85(86)83(75)45-59)66-30-38-74-64(44-66)20-16-56-24-34-70(50-80(56)74)90(10,11)12/h13-52H,1-12H3. The van der Waals surface area contributed by atoms with E-state index in [1.54, 1.807) is 0 Å². The van der Waals surface area contributed by atoms with E-state index in [9.17, 15) is 0 Å². The van der Waals surface area contributed by atoms with Gasteiger partial charge >= 0.3 is 0 Å². The van der Waals surface area contributed by atoms with Gasteiger partial charge in [0.05, 0.1) is 0 Å². The fourth-order valence-electron chi connectivity index (χ4n) is 14.7. The molecule has 0 saturated carbocycles. The van der Waals surface area contributed by atoms with Gasteiger partial charge in [0.2, 0.25) is 0 Å². The van der Waals surface area contributed by atoms with Gasteiger partial charge in [0.15, 0.2) is 0 Å². The lowest BCUT2D eigenvalue weighted by atomic mass is 9.84. The van der Waals surface area contributed by atoms with E-state index in [0.29, 0.717) is 0 Å².